The van der Waals surface area contributed by atoms with Crippen LogP contribution in [0.2, 0.25) is 0 Å². The van der Waals surface area contributed by atoms with Crippen molar-refractivity contribution in [3.8, 4) is 0 Å². The molecule has 0 radical (unpaired) electrons. The molecule has 1 aliphatic carbocycles. The molecule has 2 nitrogen and oxygen atoms in total. The molecule has 2 atom stereocenters. The summed E-state index contributed by atoms with van der Waals surface area (Å²) in [6, 6.07) is 11.2. The Morgan fingerprint density at radius 1 is 1.10 bits per heavy atom. The van der Waals surface area contributed by atoms with Gasteiger partial charge in [-0.15, -0.1) is 0 Å². The van der Waals surface area contributed by atoms with Gasteiger partial charge in [-0.25, -0.2) is 0 Å². The number of hydrogen-bond acceptors (Lipinski definition) is 2. The van der Waals surface area contributed by atoms with E-state index in [1.165, 1.54) is 37.7 Å². The molecule has 2 rings (SSSR count). The molecule has 1 saturated carbocycles. The van der Waals surface area contributed by atoms with Crippen molar-refractivity contribution in [2.45, 2.75) is 64.5 Å². The van der Waals surface area contributed by atoms with Gasteiger partial charge in [-0.1, -0.05) is 56.5 Å². The summed E-state index contributed by atoms with van der Waals surface area (Å²) >= 11 is 0. The molecule has 118 valence electrons. The van der Waals surface area contributed by atoms with Crippen LogP contribution in [0.1, 0.15) is 64.0 Å². The van der Waals surface area contributed by atoms with E-state index in [4.69, 9.17) is 4.74 Å². The van der Waals surface area contributed by atoms with Crippen LogP contribution in [0.3, 0.4) is 0 Å². The second-order valence-corrected chi connectivity index (χ2v) is 6.16. The molecule has 2 unspecified atom stereocenters. The zero-order chi connectivity index (χ0) is 14.9. The molecular weight excluding hydrogens is 258 g/mol. The molecule has 0 aliphatic heterocycles. The van der Waals surface area contributed by atoms with Crippen molar-refractivity contribution in [2.75, 3.05) is 13.2 Å². The van der Waals surface area contributed by atoms with Gasteiger partial charge >= 0.3 is 0 Å². The van der Waals surface area contributed by atoms with Crippen molar-refractivity contribution in [2.24, 2.45) is 5.92 Å². The summed E-state index contributed by atoms with van der Waals surface area (Å²) in [5.74, 6) is 0.702. The molecule has 2 heteroatoms. The van der Waals surface area contributed by atoms with Gasteiger partial charge in [0.25, 0.3) is 0 Å². The number of rotatable bonds is 8. The van der Waals surface area contributed by atoms with Gasteiger partial charge in [0.15, 0.2) is 0 Å². The average molecular weight is 289 g/mol. The molecule has 1 N–H and O–H groups in total. The van der Waals surface area contributed by atoms with Crippen molar-refractivity contribution in [3.05, 3.63) is 35.9 Å². The van der Waals surface area contributed by atoms with Crippen molar-refractivity contribution in [1.82, 2.24) is 5.32 Å². The Balaban J connectivity index is 2.17. The average Bonchev–Trinajstić information content (AvgIpc) is 2.56. The van der Waals surface area contributed by atoms with E-state index in [0.29, 0.717) is 18.1 Å². The van der Waals surface area contributed by atoms with Gasteiger partial charge in [-0.3, -0.25) is 0 Å². The first-order valence-electron chi connectivity index (χ1n) is 8.76. The summed E-state index contributed by atoms with van der Waals surface area (Å²) in [6.07, 6.45) is 8.24. The van der Waals surface area contributed by atoms with E-state index in [1.54, 1.807) is 0 Å². The Kier molecular flexibility index (Phi) is 7.25. The minimum Gasteiger partial charge on any atom is -0.376 e. The van der Waals surface area contributed by atoms with Crippen LogP contribution < -0.4 is 5.32 Å². The predicted octanol–water partition coefficient (Wildman–Crippen LogP) is 4.71. The van der Waals surface area contributed by atoms with Crippen LogP contribution in [0, 0.1) is 5.92 Å². The fourth-order valence-corrected chi connectivity index (χ4v) is 3.54. The maximum absolute atomic E-state index is 6.23. The third kappa shape index (κ3) is 4.82. The Morgan fingerprint density at radius 2 is 1.81 bits per heavy atom. The lowest BCUT2D eigenvalue weighted by Crippen LogP contribution is -2.40. The van der Waals surface area contributed by atoms with Gasteiger partial charge in [-0.05, 0) is 44.2 Å². The van der Waals surface area contributed by atoms with Crippen LogP contribution in [0.15, 0.2) is 30.3 Å². The highest BCUT2D eigenvalue weighted by atomic mass is 16.5. The van der Waals surface area contributed by atoms with E-state index in [0.717, 1.165) is 19.6 Å². The fraction of sp³-hybridized carbons (Fsp3) is 0.684. The monoisotopic (exact) mass is 289 g/mol. The fourth-order valence-electron chi connectivity index (χ4n) is 3.54. The third-order valence-electron chi connectivity index (χ3n) is 4.58. The maximum Gasteiger partial charge on any atom is 0.0797 e. The Hall–Kier alpha value is -0.860. The summed E-state index contributed by atoms with van der Waals surface area (Å²) in [4.78, 5) is 0. The first kappa shape index (κ1) is 16.5. The van der Waals surface area contributed by atoms with E-state index in [9.17, 15) is 0 Å². The molecule has 21 heavy (non-hydrogen) atoms. The Morgan fingerprint density at radius 3 is 2.43 bits per heavy atom. The van der Waals surface area contributed by atoms with E-state index in [1.807, 2.05) is 0 Å². The van der Waals surface area contributed by atoms with Gasteiger partial charge in [-0.2, -0.15) is 0 Å². The lowest BCUT2D eigenvalue weighted by Gasteiger charge is -2.36. The number of hydrogen-bond donors (Lipinski definition) is 1. The highest BCUT2D eigenvalue weighted by Gasteiger charge is 2.31. The van der Waals surface area contributed by atoms with Crippen LogP contribution in [0.5, 0.6) is 0 Å². The summed E-state index contributed by atoms with van der Waals surface area (Å²) < 4.78 is 6.23. The van der Waals surface area contributed by atoms with Crippen LogP contribution in [-0.2, 0) is 4.74 Å². The standard InChI is InChI=1S/C19H31NO/c1-3-15-20-18(16-11-7-5-8-12-16)19(21-4-2)17-13-9-6-10-14-17/h5,7-8,11-12,17-20H,3-4,6,9-10,13-15H2,1-2H3. The van der Waals surface area contributed by atoms with Crippen LogP contribution in [-0.4, -0.2) is 19.3 Å². The van der Waals surface area contributed by atoms with Crippen molar-refractivity contribution in [3.63, 3.8) is 0 Å². The molecule has 0 bridgehead atoms. The van der Waals surface area contributed by atoms with Crippen molar-refractivity contribution in [1.29, 1.82) is 0 Å². The summed E-state index contributed by atoms with van der Waals surface area (Å²) in [7, 11) is 0. The molecule has 1 aromatic carbocycles. The molecule has 0 spiro atoms. The molecule has 0 saturated heterocycles. The number of benzene rings is 1. The summed E-state index contributed by atoms with van der Waals surface area (Å²) in [5.41, 5.74) is 1.37. The first-order chi connectivity index (χ1) is 10.4. The molecule has 1 aliphatic rings. The quantitative estimate of drug-likeness (QED) is 0.748. The highest BCUT2D eigenvalue weighted by molar-refractivity contribution is 5.20. The SMILES string of the molecule is CCCNC(c1ccccc1)C(OCC)C1CCCCC1. The van der Waals surface area contributed by atoms with Gasteiger partial charge in [0, 0.05) is 6.61 Å². The van der Waals surface area contributed by atoms with Crippen molar-refractivity contribution < 1.29 is 4.74 Å². The molecule has 1 fully saturated rings. The normalized spacial score (nSPS) is 19.3. The van der Waals surface area contributed by atoms with Gasteiger partial charge in [0.05, 0.1) is 12.1 Å². The summed E-state index contributed by atoms with van der Waals surface area (Å²) in [6.45, 7) is 6.21. The van der Waals surface area contributed by atoms with Crippen LogP contribution >= 0.6 is 0 Å². The topological polar surface area (TPSA) is 21.3 Å². The second-order valence-electron chi connectivity index (χ2n) is 6.16. The van der Waals surface area contributed by atoms with Gasteiger partial charge < -0.3 is 10.1 Å². The van der Waals surface area contributed by atoms with Crippen molar-refractivity contribution >= 4 is 0 Å². The molecule has 0 aromatic heterocycles. The predicted molar refractivity (Wildman–Crippen MR) is 89.5 cm³/mol. The minimum atomic E-state index is 0.309. The molecule has 1 aromatic rings. The maximum atomic E-state index is 6.23. The summed E-state index contributed by atoms with van der Waals surface area (Å²) in [5, 5.41) is 3.74. The molecular formula is C19H31NO. The smallest absolute Gasteiger partial charge is 0.0797 e. The molecule has 0 amide bonds. The van der Waals surface area contributed by atoms with E-state index in [-0.39, 0.29) is 0 Å². The number of ether oxygens (including phenoxy) is 1. The lowest BCUT2D eigenvalue weighted by molar-refractivity contribution is -0.0183. The van der Waals surface area contributed by atoms with Crippen LogP contribution in [0.25, 0.3) is 0 Å². The van der Waals surface area contributed by atoms with Gasteiger partial charge in [0.1, 0.15) is 0 Å². The Bertz CT molecular complexity index is 372. The molecule has 0 heterocycles. The largest absolute Gasteiger partial charge is 0.376 e. The van der Waals surface area contributed by atoms with E-state index in [2.05, 4.69) is 49.5 Å². The van der Waals surface area contributed by atoms with E-state index < -0.39 is 0 Å². The van der Waals surface area contributed by atoms with Crippen LogP contribution in [0.4, 0.5) is 0 Å². The minimum absolute atomic E-state index is 0.309. The highest BCUT2D eigenvalue weighted by Crippen LogP contribution is 2.34. The van der Waals surface area contributed by atoms with Gasteiger partial charge in [0.2, 0.25) is 0 Å². The third-order valence-corrected chi connectivity index (χ3v) is 4.58. The Labute approximate surface area is 130 Å². The zero-order valence-electron chi connectivity index (χ0n) is 13.7. The van der Waals surface area contributed by atoms with E-state index >= 15 is 0 Å². The lowest BCUT2D eigenvalue weighted by atomic mass is 9.81. The second kappa shape index (κ2) is 9.22. The number of nitrogens with one attached hydrogen (secondary N) is 1. The zero-order valence-corrected chi connectivity index (χ0v) is 13.7. The first-order valence-corrected chi connectivity index (χ1v) is 8.76.